The molecule has 2 unspecified atom stereocenters. The Morgan fingerprint density at radius 2 is 1.79 bits per heavy atom. The summed E-state index contributed by atoms with van der Waals surface area (Å²) in [6, 6.07) is 18.8. The summed E-state index contributed by atoms with van der Waals surface area (Å²) in [5.41, 5.74) is 2.86. The van der Waals surface area contributed by atoms with E-state index in [2.05, 4.69) is 18.8 Å². The quantitative estimate of drug-likeness (QED) is 0.267. The van der Waals surface area contributed by atoms with E-state index in [9.17, 15) is 4.39 Å². The molecule has 0 saturated carbocycles. The third-order valence-electron chi connectivity index (χ3n) is 5.70. The Kier molecular flexibility index (Phi) is 8.46. The van der Waals surface area contributed by atoms with E-state index in [4.69, 9.17) is 14.2 Å². The van der Waals surface area contributed by atoms with Gasteiger partial charge in [0.2, 0.25) is 0 Å². The molecule has 0 aliphatic carbocycles. The van der Waals surface area contributed by atoms with Crippen LogP contribution in [0.25, 0.3) is 0 Å². The van der Waals surface area contributed by atoms with Gasteiger partial charge in [-0.25, -0.2) is 4.39 Å². The van der Waals surface area contributed by atoms with Crippen LogP contribution in [0.4, 0.5) is 4.39 Å². The molecule has 3 aromatic carbocycles. The molecule has 0 N–H and O–H groups in total. The molecule has 0 aliphatic rings. The number of halogens is 1. The Morgan fingerprint density at radius 3 is 2.42 bits per heavy atom. The molecule has 174 valence electrons. The minimum Gasteiger partial charge on any atom is -0.497 e. The summed E-state index contributed by atoms with van der Waals surface area (Å²) in [7, 11) is 5.32. The minimum atomic E-state index is -0.304. The number of benzene rings is 3. The molecule has 0 aliphatic heterocycles. The van der Waals surface area contributed by atoms with Crippen LogP contribution in [0.3, 0.4) is 0 Å². The van der Waals surface area contributed by atoms with Crippen LogP contribution in [0.5, 0.6) is 17.2 Å². The zero-order chi connectivity index (χ0) is 23.8. The van der Waals surface area contributed by atoms with Crippen molar-refractivity contribution >= 4 is 20.1 Å². The van der Waals surface area contributed by atoms with Crippen LogP contribution in [-0.2, 0) is 11.8 Å². The van der Waals surface area contributed by atoms with Gasteiger partial charge in [0.15, 0.2) is 11.5 Å². The molecule has 33 heavy (non-hydrogen) atoms. The topological polar surface area (TPSA) is 40.0 Å². The number of ether oxygens (including phenoxy) is 3. The highest BCUT2D eigenvalue weighted by atomic mass is 31.1. The Labute approximate surface area is 197 Å². The van der Waals surface area contributed by atoms with E-state index < -0.39 is 0 Å². The van der Waals surface area contributed by atoms with Crippen LogP contribution in [0.15, 0.2) is 65.7 Å². The fraction of sp³-hybridized carbons (Fsp3) is 0.296. The number of methoxy groups -OCH3 is 2. The normalized spacial score (nSPS) is 13.4. The van der Waals surface area contributed by atoms with Gasteiger partial charge in [0, 0.05) is 35.6 Å². The van der Waals surface area contributed by atoms with Crippen molar-refractivity contribution in [3.8, 4) is 17.2 Å². The Balaban J connectivity index is 2.09. The van der Waals surface area contributed by atoms with E-state index in [1.165, 1.54) is 12.1 Å². The van der Waals surface area contributed by atoms with Crippen LogP contribution < -0.4 is 19.5 Å². The van der Waals surface area contributed by atoms with Crippen LogP contribution in [-0.4, -0.2) is 27.5 Å². The molecular weight excluding hydrogens is 436 g/mol. The second-order valence-electron chi connectivity index (χ2n) is 7.91. The van der Waals surface area contributed by atoms with Gasteiger partial charge in [-0.3, -0.25) is 4.99 Å². The molecule has 0 heterocycles. The Bertz CT molecular complexity index is 1100. The van der Waals surface area contributed by atoms with Crippen LogP contribution in [0.1, 0.15) is 37.0 Å². The summed E-state index contributed by atoms with van der Waals surface area (Å²) in [6.45, 7) is 4.77. The molecular formula is C27H31FNO3P. The van der Waals surface area contributed by atoms with Crippen molar-refractivity contribution in [3.05, 3.63) is 83.2 Å². The minimum absolute atomic E-state index is 0.272. The number of aliphatic imine (C=N–C) groups is 1. The third-order valence-corrected chi connectivity index (χ3v) is 7.60. The van der Waals surface area contributed by atoms with Gasteiger partial charge < -0.3 is 14.2 Å². The van der Waals surface area contributed by atoms with Crippen molar-refractivity contribution < 1.29 is 18.6 Å². The number of hydrogen-bond acceptors (Lipinski definition) is 4. The van der Waals surface area contributed by atoms with Crippen molar-refractivity contribution in [1.29, 1.82) is 0 Å². The number of nitrogens with zero attached hydrogens (tertiary/aromatic N) is 1. The lowest BCUT2D eigenvalue weighted by molar-refractivity contribution is 0.277. The largest absolute Gasteiger partial charge is 0.497 e. The molecule has 4 nitrogen and oxygen atoms in total. The number of rotatable bonds is 10. The smallest absolute Gasteiger partial charge is 0.166 e. The van der Waals surface area contributed by atoms with Crippen molar-refractivity contribution in [2.75, 3.05) is 21.3 Å². The van der Waals surface area contributed by atoms with Gasteiger partial charge >= 0.3 is 0 Å². The zero-order valence-electron chi connectivity index (χ0n) is 19.8. The number of hydrogen-bond donors (Lipinski definition) is 0. The van der Waals surface area contributed by atoms with E-state index in [0.29, 0.717) is 32.4 Å². The maximum atomic E-state index is 13.9. The van der Waals surface area contributed by atoms with Gasteiger partial charge in [0.05, 0.1) is 14.2 Å². The van der Waals surface area contributed by atoms with E-state index in [-0.39, 0.29) is 11.0 Å². The van der Waals surface area contributed by atoms with Crippen molar-refractivity contribution in [3.63, 3.8) is 0 Å². The average molecular weight is 468 g/mol. The second kappa shape index (κ2) is 11.3. The van der Waals surface area contributed by atoms with Gasteiger partial charge in [-0.1, -0.05) is 58.8 Å². The first-order valence-electron chi connectivity index (χ1n) is 10.9. The molecule has 2 atom stereocenters. The van der Waals surface area contributed by atoms with Gasteiger partial charge in [0.25, 0.3) is 0 Å². The van der Waals surface area contributed by atoms with Crippen molar-refractivity contribution in [2.45, 2.75) is 32.0 Å². The lowest BCUT2D eigenvalue weighted by atomic mass is 9.95. The third kappa shape index (κ3) is 5.91. The summed E-state index contributed by atoms with van der Waals surface area (Å²) in [6.07, 6.45) is 2.55. The maximum Gasteiger partial charge on any atom is 0.166 e. The fourth-order valence-electron chi connectivity index (χ4n) is 3.67. The van der Waals surface area contributed by atoms with Gasteiger partial charge in [-0.15, -0.1) is 0 Å². The van der Waals surface area contributed by atoms with Crippen molar-refractivity contribution in [2.24, 2.45) is 4.99 Å². The zero-order valence-corrected chi connectivity index (χ0v) is 20.8. The first-order valence-corrected chi connectivity index (χ1v) is 11.9. The van der Waals surface area contributed by atoms with E-state index in [1.54, 1.807) is 27.5 Å². The van der Waals surface area contributed by atoms with Crippen molar-refractivity contribution in [1.82, 2.24) is 0 Å². The Hall–Kier alpha value is -2.91. The maximum absolute atomic E-state index is 13.9. The van der Waals surface area contributed by atoms with Crippen LogP contribution in [0.2, 0.25) is 0 Å². The summed E-state index contributed by atoms with van der Waals surface area (Å²) in [5.74, 6) is 1.76. The molecule has 0 spiro atoms. The first-order chi connectivity index (χ1) is 15.9. The summed E-state index contributed by atoms with van der Waals surface area (Å²) in [5, 5.41) is 0.740. The lowest BCUT2D eigenvalue weighted by Crippen LogP contribution is -2.21. The first kappa shape index (κ1) is 24.7. The monoisotopic (exact) mass is 467 g/mol. The molecule has 0 aromatic heterocycles. The standard InChI is InChI=1S/C27H31FNO3P/c1-6-27(2,33-25-13-12-21(28)14-20(25)17-29-3)23-15-22(30-4)16-24(31-5)26(23)32-18-19-10-8-7-9-11-19/h7-17,33H,6,18H2,1-5H3/b29-17+. The van der Waals surface area contributed by atoms with Gasteiger partial charge in [-0.2, -0.15) is 0 Å². The Morgan fingerprint density at radius 1 is 1.03 bits per heavy atom. The summed E-state index contributed by atoms with van der Waals surface area (Å²) in [4.78, 5) is 4.12. The second-order valence-corrected chi connectivity index (χ2v) is 9.80. The highest BCUT2D eigenvalue weighted by Gasteiger charge is 2.32. The summed E-state index contributed by atoms with van der Waals surface area (Å²) >= 11 is 0. The molecule has 0 amide bonds. The molecule has 0 radical (unpaired) electrons. The van der Waals surface area contributed by atoms with Crippen LogP contribution >= 0.6 is 8.58 Å². The molecule has 0 fully saturated rings. The van der Waals surface area contributed by atoms with Crippen LogP contribution in [0, 0.1) is 5.82 Å². The molecule has 3 rings (SSSR count). The SMILES string of the molecule is CCC(C)(Pc1ccc(F)cc1/C=N/C)c1cc(OC)cc(OC)c1OCc1ccccc1. The molecule has 0 saturated heterocycles. The summed E-state index contributed by atoms with van der Waals surface area (Å²) < 4.78 is 31.6. The van der Waals surface area contributed by atoms with Gasteiger partial charge in [0.1, 0.15) is 18.2 Å². The molecule has 6 heteroatoms. The fourth-order valence-corrected chi connectivity index (χ4v) is 5.21. The highest BCUT2D eigenvalue weighted by molar-refractivity contribution is 7.48. The average Bonchev–Trinajstić information content (AvgIpc) is 2.84. The van der Waals surface area contributed by atoms with Gasteiger partial charge in [-0.05, 0) is 35.5 Å². The predicted octanol–water partition coefficient (Wildman–Crippen LogP) is 6.10. The highest BCUT2D eigenvalue weighted by Crippen LogP contribution is 2.51. The molecule has 0 bridgehead atoms. The van der Waals surface area contributed by atoms with E-state index in [1.807, 2.05) is 48.5 Å². The predicted molar refractivity (Wildman–Crippen MR) is 136 cm³/mol. The van der Waals surface area contributed by atoms with E-state index >= 15 is 0 Å². The van der Waals surface area contributed by atoms with E-state index in [0.717, 1.165) is 28.4 Å². The molecule has 3 aromatic rings. The lowest BCUT2D eigenvalue weighted by Gasteiger charge is -2.32.